The third kappa shape index (κ3) is 3.14. The van der Waals surface area contributed by atoms with E-state index in [2.05, 4.69) is 5.01 Å². The number of β-amino-alcohol motifs (C(OH)–C–C–N with tert-alkyl or cyclic N) is 1. The van der Waals surface area contributed by atoms with Gasteiger partial charge in [-0.05, 0) is 25.0 Å². The third-order valence-electron chi connectivity index (χ3n) is 5.20. The minimum Gasteiger partial charge on any atom is -0.486 e. The summed E-state index contributed by atoms with van der Waals surface area (Å²) in [7, 11) is 0. The number of ether oxygens (including phenoxy) is 2. The lowest BCUT2D eigenvalue weighted by atomic mass is 10.1. The fourth-order valence-electron chi connectivity index (χ4n) is 3.91. The van der Waals surface area contributed by atoms with Gasteiger partial charge in [-0.3, -0.25) is 5.01 Å². The Kier molecular flexibility index (Phi) is 4.67. The van der Waals surface area contributed by atoms with Gasteiger partial charge in [-0.2, -0.15) is 0 Å². The van der Waals surface area contributed by atoms with Gasteiger partial charge >= 0.3 is 6.03 Å². The molecule has 2 amide bonds. The van der Waals surface area contributed by atoms with E-state index in [0.717, 1.165) is 31.7 Å². The Morgan fingerprint density at radius 1 is 1.12 bits per heavy atom. The standard InChI is InChI=1S/C18H25N3O4/c22-11-10-20-14(12-21(18(20)23)19-8-4-1-5-9-19)17-13-24-15-6-2-3-7-16(15)25-17/h2-3,6-7,14,17,22H,1,4-5,8-13H2. The molecule has 3 aliphatic rings. The molecule has 7 nitrogen and oxygen atoms in total. The monoisotopic (exact) mass is 347 g/mol. The highest BCUT2D eigenvalue weighted by Crippen LogP contribution is 2.34. The van der Waals surface area contributed by atoms with Crippen LogP contribution in [0.5, 0.6) is 11.5 Å². The zero-order valence-electron chi connectivity index (χ0n) is 14.3. The summed E-state index contributed by atoms with van der Waals surface area (Å²) >= 11 is 0. The first-order valence-corrected chi connectivity index (χ1v) is 9.10. The van der Waals surface area contributed by atoms with E-state index in [0.29, 0.717) is 25.4 Å². The Balaban J connectivity index is 1.52. The smallest absolute Gasteiger partial charge is 0.335 e. The van der Waals surface area contributed by atoms with Crippen LogP contribution >= 0.6 is 0 Å². The summed E-state index contributed by atoms with van der Waals surface area (Å²) in [6.45, 7) is 3.07. The molecule has 25 heavy (non-hydrogen) atoms. The molecule has 1 N–H and O–H groups in total. The largest absolute Gasteiger partial charge is 0.486 e. The van der Waals surface area contributed by atoms with E-state index in [9.17, 15) is 9.90 Å². The molecule has 2 fully saturated rings. The summed E-state index contributed by atoms with van der Waals surface area (Å²) < 4.78 is 12.0. The second kappa shape index (κ2) is 7.09. The molecule has 0 aromatic heterocycles. The predicted octanol–water partition coefficient (Wildman–Crippen LogP) is 1.33. The summed E-state index contributed by atoms with van der Waals surface area (Å²) in [5, 5.41) is 13.4. The molecule has 0 bridgehead atoms. The van der Waals surface area contributed by atoms with Crippen molar-refractivity contribution in [1.29, 1.82) is 0 Å². The predicted molar refractivity (Wildman–Crippen MR) is 91.5 cm³/mol. The lowest BCUT2D eigenvalue weighted by molar-refractivity contribution is 0.00262. The van der Waals surface area contributed by atoms with Crippen molar-refractivity contribution in [2.24, 2.45) is 0 Å². The fourth-order valence-corrected chi connectivity index (χ4v) is 3.91. The Hall–Kier alpha value is -1.99. The molecule has 1 aromatic rings. The number of aliphatic hydroxyl groups is 1. The second-order valence-electron chi connectivity index (χ2n) is 6.78. The number of hydrazine groups is 1. The van der Waals surface area contributed by atoms with Crippen molar-refractivity contribution < 1.29 is 19.4 Å². The molecule has 3 heterocycles. The summed E-state index contributed by atoms with van der Waals surface area (Å²) in [5.74, 6) is 1.45. The number of carbonyl (C=O) groups is 1. The van der Waals surface area contributed by atoms with Gasteiger partial charge in [0, 0.05) is 19.6 Å². The van der Waals surface area contributed by atoms with Crippen LogP contribution in [0.25, 0.3) is 0 Å². The SMILES string of the molecule is O=C1N(CCO)C(C2COc3ccccc3O2)CN1N1CCCCC1. The normalized spacial score (nSPS) is 27.0. The Labute approximate surface area is 147 Å². The van der Waals surface area contributed by atoms with Crippen molar-refractivity contribution >= 4 is 6.03 Å². The number of hydrogen-bond acceptors (Lipinski definition) is 5. The van der Waals surface area contributed by atoms with Crippen LogP contribution in [0.1, 0.15) is 19.3 Å². The van der Waals surface area contributed by atoms with Crippen molar-refractivity contribution in [3.8, 4) is 11.5 Å². The van der Waals surface area contributed by atoms with Crippen molar-refractivity contribution in [2.45, 2.75) is 31.4 Å². The van der Waals surface area contributed by atoms with E-state index in [1.165, 1.54) is 6.42 Å². The molecule has 2 unspecified atom stereocenters. The summed E-state index contributed by atoms with van der Waals surface area (Å²) in [6.07, 6.45) is 3.22. The molecule has 2 atom stereocenters. The van der Waals surface area contributed by atoms with Gasteiger partial charge in [0.15, 0.2) is 17.6 Å². The number of para-hydroxylation sites is 2. The maximum Gasteiger partial charge on any atom is 0.335 e. The molecule has 3 aliphatic heterocycles. The van der Waals surface area contributed by atoms with Gasteiger partial charge < -0.3 is 19.5 Å². The summed E-state index contributed by atoms with van der Waals surface area (Å²) in [5.41, 5.74) is 0. The maximum atomic E-state index is 12.9. The molecule has 0 radical (unpaired) electrons. The van der Waals surface area contributed by atoms with Crippen molar-refractivity contribution in [1.82, 2.24) is 14.9 Å². The maximum absolute atomic E-state index is 12.9. The highest BCUT2D eigenvalue weighted by molar-refractivity contribution is 5.77. The van der Waals surface area contributed by atoms with Gasteiger partial charge in [0.2, 0.25) is 0 Å². The number of aliphatic hydroxyl groups excluding tert-OH is 1. The third-order valence-corrected chi connectivity index (χ3v) is 5.20. The van der Waals surface area contributed by atoms with E-state index >= 15 is 0 Å². The number of benzene rings is 1. The first kappa shape index (κ1) is 16.5. The molecule has 0 saturated carbocycles. The molecular weight excluding hydrogens is 322 g/mol. The number of fused-ring (bicyclic) bond motifs is 1. The number of urea groups is 1. The van der Waals surface area contributed by atoms with Crippen LogP contribution in [0.4, 0.5) is 4.79 Å². The first-order valence-electron chi connectivity index (χ1n) is 9.10. The average Bonchev–Trinajstić information content (AvgIpc) is 2.99. The van der Waals surface area contributed by atoms with E-state index < -0.39 is 0 Å². The van der Waals surface area contributed by atoms with Crippen LogP contribution < -0.4 is 9.47 Å². The van der Waals surface area contributed by atoms with Gasteiger partial charge in [0.1, 0.15) is 6.61 Å². The average molecular weight is 347 g/mol. The number of rotatable bonds is 4. The van der Waals surface area contributed by atoms with Crippen LogP contribution in [0.2, 0.25) is 0 Å². The van der Waals surface area contributed by atoms with Gasteiger partial charge in [0.05, 0.1) is 19.2 Å². The fraction of sp³-hybridized carbons (Fsp3) is 0.611. The quantitative estimate of drug-likeness (QED) is 0.890. The number of nitrogens with zero attached hydrogens (tertiary/aromatic N) is 3. The van der Waals surface area contributed by atoms with Crippen LogP contribution in [0, 0.1) is 0 Å². The molecule has 0 aliphatic carbocycles. The molecule has 4 rings (SSSR count). The van der Waals surface area contributed by atoms with E-state index in [4.69, 9.17) is 9.47 Å². The second-order valence-corrected chi connectivity index (χ2v) is 6.78. The first-order chi connectivity index (χ1) is 12.3. The zero-order chi connectivity index (χ0) is 17.2. The Morgan fingerprint density at radius 3 is 2.64 bits per heavy atom. The number of amides is 2. The molecule has 1 aromatic carbocycles. The topological polar surface area (TPSA) is 65.5 Å². The number of hydrogen-bond donors (Lipinski definition) is 1. The van der Waals surface area contributed by atoms with Crippen molar-refractivity contribution in [2.75, 3.05) is 39.4 Å². The Bertz CT molecular complexity index is 620. The minimum absolute atomic E-state index is 0.0385. The van der Waals surface area contributed by atoms with Crippen molar-refractivity contribution in [3.05, 3.63) is 24.3 Å². The summed E-state index contributed by atoms with van der Waals surface area (Å²) in [6, 6.07) is 7.43. The minimum atomic E-state index is -0.236. The number of piperidine rings is 1. The van der Waals surface area contributed by atoms with Crippen LogP contribution in [-0.4, -0.2) is 77.6 Å². The van der Waals surface area contributed by atoms with Crippen molar-refractivity contribution in [3.63, 3.8) is 0 Å². The molecule has 136 valence electrons. The van der Waals surface area contributed by atoms with E-state index in [-0.39, 0.29) is 24.8 Å². The lowest BCUT2D eigenvalue weighted by Crippen LogP contribution is -2.49. The Morgan fingerprint density at radius 2 is 1.88 bits per heavy atom. The van der Waals surface area contributed by atoms with Crippen LogP contribution in [-0.2, 0) is 0 Å². The molecule has 0 spiro atoms. The van der Waals surface area contributed by atoms with Gasteiger partial charge in [-0.1, -0.05) is 18.6 Å². The van der Waals surface area contributed by atoms with E-state index in [1.807, 2.05) is 29.3 Å². The molecule has 7 heteroatoms. The van der Waals surface area contributed by atoms with Gasteiger partial charge in [-0.15, -0.1) is 0 Å². The number of carbonyl (C=O) groups excluding carboxylic acids is 1. The summed E-state index contributed by atoms with van der Waals surface area (Å²) in [4.78, 5) is 14.6. The molecule has 2 saturated heterocycles. The lowest BCUT2D eigenvalue weighted by Gasteiger charge is -2.34. The highest BCUT2D eigenvalue weighted by Gasteiger charge is 2.45. The highest BCUT2D eigenvalue weighted by atomic mass is 16.6. The molecular formula is C18H25N3O4. The van der Waals surface area contributed by atoms with Crippen LogP contribution in [0.15, 0.2) is 24.3 Å². The van der Waals surface area contributed by atoms with E-state index in [1.54, 1.807) is 4.90 Å². The van der Waals surface area contributed by atoms with Gasteiger partial charge in [-0.25, -0.2) is 9.80 Å². The zero-order valence-corrected chi connectivity index (χ0v) is 14.3. The van der Waals surface area contributed by atoms with Gasteiger partial charge in [0.25, 0.3) is 0 Å². The van der Waals surface area contributed by atoms with Crippen LogP contribution in [0.3, 0.4) is 0 Å².